The SMILES string of the molecule is CCN=C=NCCCN(C)C.N[C@@H](CO)c1ccc(C(F)(F)F)nc1. The molecule has 142 valence electrons. The molecule has 1 aromatic rings. The number of aliphatic hydroxyl groups excluding tert-OH is 1. The number of hydrogen-bond acceptors (Lipinski definition) is 6. The second kappa shape index (κ2) is 12.5. The highest BCUT2D eigenvalue weighted by Gasteiger charge is 2.32. The maximum Gasteiger partial charge on any atom is 0.433 e. The highest BCUT2D eigenvalue weighted by molar-refractivity contribution is 5.40. The van der Waals surface area contributed by atoms with E-state index in [2.05, 4.69) is 40.0 Å². The lowest BCUT2D eigenvalue weighted by atomic mass is 10.1. The van der Waals surface area contributed by atoms with E-state index in [9.17, 15) is 13.2 Å². The Hall–Kier alpha value is -1.80. The number of aliphatic imine (C=N–C) groups is 2. The summed E-state index contributed by atoms with van der Waals surface area (Å²) >= 11 is 0. The molecule has 0 unspecified atom stereocenters. The van der Waals surface area contributed by atoms with Gasteiger partial charge in [0.2, 0.25) is 0 Å². The maximum absolute atomic E-state index is 12.1. The monoisotopic (exact) mass is 361 g/mol. The maximum atomic E-state index is 12.1. The number of alkyl halides is 3. The molecule has 0 aliphatic heterocycles. The van der Waals surface area contributed by atoms with Crippen molar-refractivity contribution in [1.82, 2.24) is 9.88 Å². The number of aliphatic hydroxyl groups is 1. The molecule has 0 aromatic carbocycles. The van der Waals surface area contributed by atoms with E-state index >= 15 is 0 Å². The largest absolute Gasteiger partial charge is 0.433 e. The first-order valence-corrected chi connectivity index (χ1v) is 7.84. The fraction of sp³-hybridized carbons (Fsp3) is 0.625. The minimum atomic E-state index is -4.44. The van der Waals surface area contributed by atoms with Crippen LogP contribution in [0.4, 0.5) is 13.2 Å². The van der Waals surface area contributed by atoms with Gasteiger partial charge in [0.1, 0.15) is 5.69 Å². The smallest absolute Gasteiger partial charge is 0.394 e. The van der Waals surface area contributed by atoms with Crippen LogP contribution in [0, 0.1) is 0 Å². The third-order valence-electron chi connectivity index (χ3n) is 2.88. The van der Waals surface area contributed by atoms with Crippen LogP contribution < -0.4 is 5.73 Å². The van der Waals surface area contributed by atoms with E-state index < -0.39 is 17.9 Å². The van der Waals surface area contributed by atoms with E-state index in [4.69, 9.17) is 10.8 Å². The van der Waals surface area contributed by atoms with Gasteiger partial charge in [0.05, 0.1) is 25.2 Å². The van der Waals surface area contributed by atoms with E-state index in [1.807, 2.05) is 6.92 Å². The molecule has 9 heteroatoms. The summed E-state index contributed by atoms with van der Waals surface area (Å²) in [5, 5.41) is 8.64. The molecule has 0 saturated carbocycles. The number of nitrogens with zero attached hydrogens (tertiary/aromatic N) is 4. The summed E-state index contributed by atoms with van der Waals surface area (Å²) in [5.74, 6) is 0. The Balaban J connectivity index is 0.000000477. The molecule has 3 N–H and O–H groups in total. The third-order valence-corrected chi connectivity index (χ3v) is 2.88. The van der Waals surface area contributed by atoms with E-state index in [1.165, 1.54) is 6.07 Å². The molecule has 25 heavy (non-hydrogen) atoms. The average molecular weight is 361 g/mol. The van der Waals surface area contributed by atoms with Crippen LogP contribution in [0.25, 0.3) is 0 Å². The zero-order chi connectivity index (χ0) is 19.3. The van der Waals surface area contributed by atoms with Crippen molar-refractivity contribution in [2.45, 2.75) is 25.6 Å². The van der Waals surface area contributed by atoms with Gasteiger partial charge < -0.3 is 15.7 Å². The second-order valence-corrected chi connectivity index (χ2v) is 5.38. The first-order chi connectivity index (χ1) is 11.7. The van der Waals surface area contributed by atoms with Crippen LogP contribution in [-0.4, -0.2) is 61.3 Å². The summed E-state index contributed by atoms with van der Waals surface area (Å²) in [6.07, 6.45) is -2.34. The van der Waals surface area contributed by atoms with Crippen molar-refractivity contribution in [3.8, 4) is 0 Å². The molecule has 1 heterocycles. The molecule has 6 nitrogen and oxygen atoms in total. The summed E-state index contributed by atoms with van der Waals surface area (Å²) in [4.78, 5) is 13.2. The van der Waals surface area contributed by atoms with Crippen molar-refractivity contribution >= 4 is 6.01 Å². The quantitative estimate of drug-likeness (QED) is 0.576. The van der Waals surface area contributed by atoms with Crippen molar-refractivity contribution in [2.75, 3.05) is 40.3 Å². The van der Waals surface area contributed by atoms with Crippen LogP contribution in [0.5, 0.6) is 0 Å². The molecule has 0 spiro atoms. The van der Waals surface area contributed by atoms with Crippen LogP contribution >= 0.6 is 0 Å². The third kappa shape index (κ3) is 11.4. The summed E-state index contributed by atoms with van der Waals surface area (Å²) in [5.41, 5.74) is 4.79. The number of pyridine rings is 1. The van der Waals surface area contributed by atoms with Crippen molar-refractivity contribution in [3.63, 3.8) is 0 Å². The van der Waals surface area contributed by atoms with E-state index in [0.717, 1.165) is 38.3 Å². The predicted molar refractivity (Wildman–Crippen MR) is 91.7 cm³/mol. The van der Waals surface area contributed by atoms with Crippen molar-refractivity contribution in [1.29, 1.82) is 0 Å². The molecule has 1 rings (SSSR count). The Kier molecular flexibility index (Phi) is 11.6. The van der Waals surface area contributed by atoms with Gasteiger partial charge in [-0.1, -0.05) is 6.07 Å². The molecule has 0 saturated heterocycles. The van der Waals surface area contributed by atoms with Gasteiger partial charge in [-0.25, -0.2) is 9.98 Å². The molecule has 0 bridgehead atoms. The average Bonchev–Trinajstić information content (AvgIpc) is 2.57. The van der Waals surface area contributed by atoms with Crippen LogP contribution in [-0.2, 0) is 6.18 Å². The Morgan fingerprint density at radius 1 is 1.32 bits per heavy atom. The molecule has 0 aliphatic rings. The van der Waals surface area contributed by atoms with E-state index in [-0.39, 0.29) is 6.61 Å². The molecule has 0 aliphatic carbocycles. The Labute approximate surface area is 146 Å². The summed E-state index contributed by atoms with van der Waals surface area (Å²) in [6, 6.07) is 3.99. The summed E-state index contributed by atoms with van der Waals surface area (Å²) in [7, 11) is 4.12. The number of aromatic nitrogens is 1. The molecular weight excluding hydrogens is 335 g/mol. The highest BCUT2D eigenvalue weighted by atomic mass is 19.4. The lowest BCUT2D eigenvalue weighted by Crippen LogP contribution is -2.16. The fourth-order valence-electron chi connectivity index (χ4n) is 1.53. The Morgan fingerprint density at radius 3 is 2.44 bits per heavy atom. The molecule has 1 aromatic heterocycles. The lowest BCUT2D eigenvalue weighted by Gasteiger charge is -2.09. The normalized spacial score (nSPS) is 12.0. The molecule has 0 amide bonds. The van der Waals surface area contributed by atoms with Crippen LogP contribution in [0.3, 0.4) is 0 Å². The van der Waals surface area contributed by atoms with Gasteiger partial charge in [0.25, 0.3) is 0 Å². The lowest BCUT2D eigenvalue weighted by molar-refractivity contribution is -0.141. The van der Waals surface area contributed by atoms with Crippen LogP contribution in [0.1, 0.15) is 30.6 Å². The molecule has 0 fully saturated rings. The van der Waals surface area contributed by atoms with Gasteiger partial charge in [-0.3, -0.25) is 4.98 Å². The van der Waals surface area contributed by atoms with Gasteiger partial charge in [-0.15, -0.1) is 0 Å². The number of rotatable bonds is 7. The van der Waals surface area contributed by atoms with Gasteiger partial charge >= 0.3 is 6.18 Å². The fourth-order valence-corrected chi connectivity index (χ4v) is 1.53. The first-order valence-electron chi connectivity index (χ1n) is 7.84. The molecular formula is C16H26F3N5O. The van der Waals surface area contributed by atoms with Gasteiger partial charge in [0.15, 0.2) is 0 Å². The highest BCUT2D eigenvalue weighted by Crippen LogP contribution is 2.27. The molecule has 1 atom stereocenters. The van der Waals surface area contributed by atoms with Crippen LogP contribution in [0.2, 0.25) is 0 Å². The van der Waals surface area contributed by atoms with Gasteiger partial charge in [-0.2, -0.15) is 13.2 Å². The second-order valence-electron chi connectivity index (χ2n) is 5.38. The summed E-state index contributed by atoms with van der Waals surface area (Å²) < 4.78 is 36.2. The minimum absolute atomic E-state index is 0.326. The zero-order valence-electron chi connectivity index (χ0n) is 14.8. The zero-order valence-corrected chi connectivity index (χ0v) is 14.8. The first kappa shape index (κ1) is 23.2. The number of nitrogens with two attached hydrogens (primary N) is 1. The standard InChI is InChI=1S/C8H9F3N2O.C8H17N3/c9-8(10,11)7-2-1-5(3-13-7)6(12)4-14;1-4-9-8-10-6-5-7-11(2)3/h1-3,6,14H,4,12H2;4-7H2,1-3H3/t6-;/m0./s1. The van der Waals surface area contributed by atoms with Crippen LogP contribution in [0.15, 0.2) is 28.3 Å². The minimum Gasteiger partial charge on any atom is -0.394 e. The van der Waals surface area contributed by atoms with Crippen molar-refractivity contribution < 1.29 is 18.3 Å². The van der Waals surface area contributed by atoms with Gasteiger partial charge in [-0.05, 0) is 45.6 Å². The van der Waals surface area contributed by atoms with Crippen molar-refractivity contribution in [2.24, 2.45) is 15.7 Å². The van der Waals surface area contributed by atoms with Crippen molar-refractivity contribution in [3.05, 3.63) is 29.6 Å². The molecule has 0 radical (unpaired) electrons. The number of hydrogen-bond donors (Lipinski definition) is 2. The Morgan fingerprint density at radius 2 is 2.00 bits per heavy atom. The Bertz CT molecular complexity index is 526. The predicted octanol–water partition coefficient (Wildman–Crippen LogP) is 2.22. The summed E-state index contributed by atoms with van der Waals surface area (Å²) in [6.45, 7) is 4.34. The topological polar surface area (TPSA) is 87.1 Å². The van der Waals surface area contributed by atoms with E-state index in [0.29, 0.717) is 5.56 Å². The number of halogens is 3. The van der Waals surface area contributed by atoms with E-state index in [1.54, 1.807) is 0 Å². The van der Waals surface area contributed by atoms with Gasteiger partial charge in [0, 0.05) is 12.7 Å².